The maximum absolute atomic E-state index is 11.8. The number of nitrogens with zero attached hydrogens (tertiary/aromatic N) is 2. The maximum Gasteiger partial charge on any atom is 0.242 e. The highest BCUT2D eigenvalue weighted by Gasteiger charge is 2.29. The van der Waals surface area contributed by atoms with Crippen LogP contribution >= 0.6 is 11.6 Å². The minimum Gasteiger partial charge on any atom is -0.357 e. The average molecular weight is 264 g/mol. The van der Waals surface area contributed by atoms with E-state index in [2.05, 4.69) is 11.4 Å². The molecule has 1 aliphatic heterocycles. The first kappa shape index (κ1) is 12.7. The van der Waals surface area contributed by atoms with Crippen LogP contribution in [0.4, 0.5) is 5.69 Å². The zero-order valence-electron chi connectivity index (χ0n) is 10.1. The Kier molecular flexibility index (Phi) is 3.73. The molecule has 5 heteroatoms. The number of carbonyl (C=O) groups excluding carboxylic acids is 1. The van der Waals surface area contributed by atoms with Crippen molar-refractivity contribution in [2.45, 2.75) is 19.4 Å². The number of anilines is 1. The Morgan fingerprint density at radius 2 is 2.39 bits per heavy atom. The summed E-state index contributed by atoms with van der Waals surface area (Å²) < 4.78 is 0. The Bertz CT molecular complexity index is 509. The molecule has 0 aliphatic carbocycles. The molecule has 0 bridgehead atoms. The second kappa shape index (κ2) is 5.28. The van der Waals surface area contributed by atoms with Crippen molar-refractivity contribution in [2.24, 2.45) is 0 Å². The van der Waals surface area contributed by atoms with Gasteiger partial charge in [0.15, 0.2) is 0 Å². The second-order valence-corrected chi connectivity index (χ2v) is 4.56. The molecule has 0 radical (unpaired) electrons. The van der Waals surface area contributed by atoms with Crippen molar-refractivity contribution >= 4 is 23.2 Å². The van der Waals surface area contributed by atoms with Crippen molar-refractivity contribution in [2.75, 3.05) is 18.0 Å². The Labute approximate surface area is 111 Å². The summed E-state index contributed by atoms with van der Waals surface area (Å²) in [6.07, 6.45) is 0.698. The molecule has 1 atom stereocenters. The standard InChI is InChI=1S/C13H14ClN3O/c1-2-11-13(18)16-6-7-17(11)12-5-3-4-10(14)9(12)8-15/h3-5,11H,2,6-7H2,1H3,(H,16,18). The molecule has 94 valence electrons. The van der Waals surface area contributed by atoms with E-state index >= 15 is 0 Å². The molecule has 1 N–H and O–H groups in total. The van der Waals surface area contributed by atoms with Gasteiger partial charge >= 0.3 is 0 Å². The summed E-state index contributed by atoms with van der Waals surface area (Å²) in [6.45, 7) is 3.24. The lowest BCUT2D eigenvalue weighted by atomic mass is 10.1. The van der Waals surface area contributed by atoms with Crippen molar-refractivity contribution in [3.8, 4) is 6.07 Å². The van der Waals surface area contributed by atoms with Crippen molar-refractivity contribution in [3.63, 3.8) is 0 Å². The molecule has 1 heterocycles. The van der Waals surface area contributed by atoms with Crippen LogP contribution < -0.4 is 10.2 Å². The Morgan fingerprint density at radius 3 is 3.06 bits per heavy atom. The topological polar surface area (TPSA) is 56.1 Å². The third-order valence-electron chi connectivity index (χ3n) is 3.13. The van der Waals surface area contributed by atoms with Gasteiger partial charge in [0.1, 0.15) is 12.1 Å². The zero-order valence-corrected chi connectivity index (χ0v) is 10.9. The average Bonchev–Trinajstić information content (AvgIpc) is 2.38. The maximum atomic E-state index is 11.8. The van der Waals surface area contributed by atoms with Gasteiger partial charge in [-0.3, -0.25) is 4.79 Å². The fourth-order valence-corrected chi connectivity index (χ4v) is 2.48. The van der Waals surface area contributed by atoms with E-state index in [0.29, 0.717) is 30.1 Å². The minimum absolute atomic E-state index is 0.00705. The zero-order chi connectivity index (χ0) is 13.1. The van der Waals surface area contributed by atoms with Crippen molar-refractivity contribution in [1.29, 1.82) is 5.26 Å². The van der Waals surface area contributed by atoms with Gasteiger partial charge in [0.2, 0.25) is 5.91 Å². The first-order chi connectivity index (χ1) is 8.69. The van der Waals surface area contributed by atoms with Gasteiger partial charge in [-0.1, -0.05) is 24.6 Å². The van der Waals surface area contributed by atoms with E-state index in [1.165, 1.54) is 0 Å². The van der Waals surface area contributed by atoms with Crippen LogP contribution in [-0.4, -0.2) is 25.0 Å². The molecule has 1 saturated heterocycles. The number of hydrogen-bond acceptors (Lipinski definition) is 3. The van der Waals surface area contributed by atoms with E-state index < -0.39 is 0 Å². The predicted octanol–water partition coefficient (Wildman–Crippen LogP) is 1.93. The predicted molar refractivity (Wildman–Crippen MR) is 70.6 cm³/mol. The summed E-state index contributed by atoms with van der Waals surface area (Å²) in [5, 5.41) is 12.5. The molecule has 0 saturated carbocycles. The normalized spacial score (nSPS) is 19.3. The summed E-state index contributed by atoms with van der Waals surface area (Å²) in [7, 11) is 0. The number of carbonyl (C=O) groups is 1. The lowest BCUT2D eigenvalue weighted by Gasteiger charge is -2.36. The number of halogens is 1. The number of nitriles is 1. The molecule has 1 amide bonds. The highest BCUT2D eigenvalue weighted by atomic mass is 35.5. The monoisotopic (exact) mass is 263 g/mol. The summed E-state index contributed by atoms with van der Waals surface area (Å²) in [4.78, 5) is 13.8. The fraction of sp³-hybridized carbons (Fsp3) is 0.385. The molecule has 1 unspecified atom stereocenters. The summed E-state index contributed by atoms with van der Waals surface area (Å²) in [6, 6.07) is 7.21. The van der Waals surface area contributed by atoms with Gasteiger partial charge in [0, 0.05) is 13.1 Å². The van der Waals surface area contributed by atoms with Crippen LogP contribution in [0.3, 0.4) is 0 Å². The van der Waals surface area contributed by atoms with Crippen molar-refractivity contribution < 1.29 is 4.79 Å². The number of rotatable bonds is 2. The lowest BCUT2D eigenvalue weighted by Crippen LogP contribution is -2.55. The Morgan fingerprint density at radius 1 is 1.61 bits per heavy atom. The molecule has 1 aromatic carbocycles. The van der Waals surface area contributed by atoms with Crippen LogP contribution in [0.15, 0.2) is 18.2 Å². The van der Waals surface area contributed by atoms with Gasteiger partial charge in [0.05, 0.1) is 16.3 Å². The van der Waals surface area contributed by atoms with E-state index in [1.807, 2.05) is 17.9 Å². The summed E-state index contributed by atoms with van der Waals surface area (Å²) in [5.41, 5.74) is 1.18. The molecule has 1 aromatic rings. The first-order valence-corrected chi connectivity index (χ1v) is 6.29. The molecule has 0 spiro atoms. The highest BCUT2D eigenvalue weighted by molar-refractivity contribution is 6.32. The summed E-state index contributed by atoms with van der Waals surface area (Å²) >= 11 is 6.03. The van der Waals surface area contributed by atoms with E-state index in [4.69, 9.17) is 11.6 Å². The molecule has 2 rings (SSSR count). The van der Waals surface area contributed by atoms with E-state index in [0.717, 1.165) is 5.69 Å². The van der Waals surface area contributed by atoms with Gasteiger partial charge in [-0.15, -0.1) is 0 Å². The fourth-order valence-electron chi connectivity index (χ4n) is 2.27. The molecule has 0 aromatic heterocycles. The molecular formula is C13H14ClN3O. The van der Waals surface area contributed by atoms with Crippen molar-refractivity contribution in [1.82, 2.24) is 5.32 Å². The number of hydrogen-bond donors (Lipinski definition) is 1. The molecule has 18 heavy (non-hydrogen) atoms. The van der Waals surface area contributed by atoms with Crippen LogP contribution in [-0.2, 0) is 4.79 Å². The first-order valence-electron chi connectivity index (χ1n) is 5.92. The van der Waals surface area contributed by atoms with Crippen molar-refractivity contribution in [3.05, 3.63) is 28.8 Å². The molecule has 1 fully saturated rings. The number of benzene rings is 1. The smallest absolute Gasteiger partial charge is 0.242 e. The van der Waals surface area contributed by atoms with E-state index in [9.17, 15) is 10.1 Å². The highest BCUT2D eigenvalue weighted by Crippen LogP contribution is 2.29. The summed E-state index contributed by atoms with van der Waals surface area (Å²) in [5.74, 6) is 0.00705. The number of piperazine rings is 1. The van der Waals surface area contributed by atoms with Gasteiger partial charge in [0.25, 0.3) is 0 Å². The third kappa shape index (κ3) is 2.14. The van der Waals surface area contributed by atoms with Crippen LogP contribution in [0.25, 0.3) is 0 Å². The van der Waals surface area contributed by atoms with Gasteiger partial charge in [-0.2, -0.15) is 5.26 Å². The third-order valence-corrected chi connectivity index (χ3v) is 3.45. The molecule has 4 nitrogen and oxygen atoms in total. The Hall–Kier alpha value is -1.73. The quantitative estimate of drug-likeness (QED) is 0.887. The molecular weight excluding hydrogens is 250 g/mol. The second-order valence-electron chi connectivity index (χ2n) is 4.15. The van der Waals surface area contributed by atoms with Crippen LogP contribution in [0.5, 0.6) is 0 Å². The molecule has 1 aliphatic rings. The number of nitrogens with one attached hydrogen (secondary N) is 1. The van der Waals surface area contributed by atoms with Crippen LogP contribution in [0.1, 0.15) is 18.9 Å². The number of amides is 1. The van der Waals surface area contributed by atoms with Gasteiger partial charge in [-0.05, 0) is 18.6 Å². The SMILES string of the molecule is CCC1C(=O)NCCN1c1cccc(Cl)c1C#N. The van der Waals surface area contributed by atoms with Gasteiger partial charge < -0.3 is 10.2 Å². The van der Waals surface area contributed by atoms with E-state index in [1.54, 1.807) is 12.1 Å². The van der Waals surface area contributed by atoms with E-state index in [-0.39, 0.29) is 11.9 Å². The minimum atomic E-state index is -0.232. The van der Waals surface area contributed by atoms with Crippen LogP contribution in [0.2, 0.25) is 5.02 Å². The largest absolute Gasteiger partial charge is 0.357 e. The van der Waals surface area contributed by atoms with Gasteiger partial charge in [-0.25, -0.2) is 0 Å². The lowest BCUT2D eigenvalue weighted by molar-refractivity contribution is -0.123. The Balaban J connectivity index is 2.44. The van der Waals surface area contributed by atoms with Crippen LogP contribution in [0, 0.1) is 11.3 Å².